The Bertz CT molecular complexity index is 584. The van der Waals surface area contributed by atoms with Crippen molar-refractivity contribution in [2.45, 2.75) is 39.2 Å². The van der Waals surface area contributed by atoms with Crippen LogP contribution in [0.15, 0.2) is 24.3 Å². The molecule has 0 aliphatic rings. The molecule has 0 atom stereocenters. The van der Waals surface area contributed by atoms with Gasteiger partial charge in [0.25, 0.3) is 0 Å². The van der Waals surface area contributed by atoms with Crippen molar-refractivity contribution in [2.24, 2.45) is 0 Å². The Morgan fingerprint density at radius 3 is 2.55 bits per heavy atom. The lowest BCUT2D eigenvalue weighted by Crippen LogP contribution is -2.15. The smallest absolute Gasteiger partial charge is 0.122 e. The SMILES string of the molecule is CCc1nc(Cc2ccccc2OC)sc1C(C)(C)O. The van der Waals surface area contributed by atoms with Gasteiger partial charge in [-0.2, -0.15) is 0 Å². The van der Waals surface area contributed by atoms with Gasteiger partial charge in [0.15, 0.2) is 0 Å². The number of ether oxygens (including phenoxy) is 1. The highest BCUT2D eigenvalue weighted by atomic mass is 32.1. The van der Waals surface area contributed by atoms with E-state index in [4.69, 9.17) is 4.74 Å². The Kier molecular flexibility index (Phi) is 4.45. The van der Waals surface area contributed by atoms with E-state index in [9.17, 15) is 5.11 Å². The predicted molar refractivity (Wildman–Crippen MR) is 82.5 cm³/mol. The molecule has 0 spiro atoms. The maximum atomic E-state index is 10.2. The summed E-state index contributed by atoms with van der Waals surface area (Å²) < 4.78 is 5.38. The van der Waals surface area contributed by atoms with E-state index >= 15 is 0 Å². The molecule has 0 aliphatic carbocycles. The first-order valence-corrected chi connectivity index (χ1v) is 7.60. The molecule has 2 rings (SSSR count). The lowest BCUT2D eigenvalue weighted by Gasteiger charge is -2.15. The van der Waals surface area contributed by atoms with Crippen molar-refractivity contribution >= 4 is 11.3 Å². The minimum atomic E-state index is -0.831. The van der Waals surface area contributed by atoms with E-state index in [1.165, 1.54) is 0 Å². The van der Waals surface area contributed by atoms with Gasteiger partial charge in [-0.25, -0.2) is 4.98 Å². The molecule has 4 heteroatoms. The van der Waals surface area contributed by atoms with E-state index in [0.29, 0.717) is 0 Å². The Hall–Kier alpha value is -1.39. The maximum Gasteiger partial charge on any atom is 0.122 e. The fourth-order valence-corrected chi connectivity index (χ4v) is 3.38. The maximum absolute atomic E-state index is 10.2. The molecular formula is C16H21NO2S. The summed E-state index contributed by atoms with van der Waals surface area (Å²) in [6.45, 7) is 5.69. The van der Waals surface area contributed by atoms with Crippen LogP contribution in [0.1, 0.15) is 41.9 Å². The second-order valence-corrected chi connectivity index (χ2v) is 6.37. The minimum Gasteiger partial charge on any atom is -0.496 e. The van der Waals surface area contributed by atoms with Crippen LogP contribution in [0.4, 0.5) is 0 Å². The molecule has 0 amide bonds. The normalized spacial score (nSPS) is 11.7. The molecule has 1 heterocycles. The van der Waals surface area contributed by atoms with Gasteiger partial charge in [-0.1, -0.05) is 25.1 Å². The van der Waals surface area contributed by atoms with Gasteiger partial charge in [0.05, 0.1) is 28.3 Å². The van der Waals surface area contributed by atoms with Crippen LogP contribution < -0.4 is 4.74 Å². The molecule has 0 saturated heterocycles. The van der Waals surface area contributed by atoms with E-state index in [-0.39, 0.29) is 0 Å². The van der Waals surface area contributed by atoms with Gasteiger partial charge < -0.3 is 9.84 Å². The first kappa shape index (κ1) is 15.0. The van der Waals surface area contributed by atoms with E-state index in [0.717, 1.165) is 39.7 Å². The molecule has 0 aliphatic heterocycles. The zero-order valence-electron chi connectivity index (χ0n) is 12.4. The summed E-state index contributed by atoms with van der Waals surface area (Å²) >= 11 is 1.59. The van der Waals surface area contributed by atoms with E-state index in [1.54, 1.807) is 18.4 Å². The summed E-state index contributed by atoms with van der Waals surface area (Å²) in [6.07, 6.45) is 1.57. The molecular weight excluding hydrogens is 270 g/mol. The molecule has 1 aromatic heterocycles. The fraction of sp³-hybridized carbons (Fsp3) is 0.438. The molecule has 0 fully saturated rings. The predicted octanol–water partition coefficient (Wildman–Crippen LogP) is 3.53. The molecule has 0 unspecified atom stereocenters. The van der Waals surface area contributed by atoms with Crippen molar-refractivity contribution in [3.63, 3.8) is 0 Å². The van der Waals surface area contributed by atoms with Crippen LogP contribution in [-0.4, -0.2) is 17.2 Å². The van der Waals surface area contributed by atoms with Crippen molar-refractivity contribution in [1.29, 1.82) is 0 Å². The fourth-order valence-electron chi connectivity index (χ4n) is 2.21. The van der Waals surface area contributed by atoms with Crippen molar-refractivity contribution in [2.75, 3.05) is 7.11 Å². The summed E-state index contributed by atoms with van der Waals surface area (Å²) in [5, 5.41) is 11.2. The van der Waals surface area contributed by atoms with Gasteiger partial charge in [-0.05, 0) is 26.3 Å². The second kappa shape index (κ2) is 5.94. The number of aromatic nitrogens is 1. The third-order valence-corrected chi connectivity index (χ3v) is 4.58. The van der Waals surface area contributed by atoms with Gasteiger partial charge in [0.2, 0.25) is 0 Å². The highest BCUT2D eigenvalue weighted by molar-refractivity contribution is 7.11. The summed E-state index contributed by atoms with van der Waals surface area (Å²) in [5.74, 6) is 0.880. The molecule has 20 heavy (non-hydrogen) atoms. The van der Waals surface area contributed by atoms with Gasteiger partial charge >= 0.3 is 0 Å². The van der Waals surface area contributed by atoms with Crippen LogP contribution in [0, 0.1) is 0 Å². The minimum absolute atomic E-state index is 0.734. The largest absolute Gasteiger partial charge is 0.496 e. The summed E-state index contributed by atoms with van der Waals surface area (Å²) in [6, 6.07) is 7.98. The van der Waals surface area contributed by atoms with Gasteiger partial charge in [0.1, 0.15) is 5.75 Å². The highest BCUT2D eigenvalue weighted by Gasteiger charge is 2.24. The lowest BCUT2D eigenvalue weighted by atomic mass is 10.1. The molecule has 3 nitrogen and oxygen atoms in total. The van der Waals surface area contributed by atoms with Crippen LogP contribution in [0.3, 0.4) is 0 Å². The molecule has 0 radical (unpaired) electrons. The van der Waals surface area contributed by atoms with Crippen molar-refractivity contribution < 1.29 is 9.84 Å². The summed E-state index contributed by atoms with van der Waals surface area (Å²) in [7, 11) is 1.68. The zero-order chi connectivity index (χ0) is 14.8. The van der Waals surface area contributed by atoms with Crippen molar-refractivity contribution in [1.82, 2.24) is 4.98 Å². The number of para-hydroxylation sites is 1. The molecule has 0 bridgehead atoms. The first-order chi connectivity index (χ1) is 9.45. The Morgan fingerprint density at radius 1 is 1.30 bits per heavy atom. The van der Waals surface area contributed by atoms with Crippen LogP contribution in [0.5, 0.6) is 5.75 Å². The van der Waals surface area contributed by atoms with E-state index < -0.39 is 5.60 Å². The molecule has 2 aromatic rings. The average Bonchev–Trinajstić information content (AvgIpc) is 2.82. The van der Waals surface area contributed by atoms with Crippen molar-refractivity contribution in [3.8, 4) is 5.75 Å². The van der Waals surface area contributed by atoms with Crippen LogP contribution in [-0.2, 0) is 18.4 Å². The van der Waals surface area contributed by atoms with Crippen LogP contribution >= 0.6 is 11.3 Å². The number of aliphatic hydroxyl groups is 1. The van der Waals surface area contributed by atoms with Gasteiger partial charge in [-0.15, -0.1) is 11.3 Å². The Morgan fingerprint density at radius 2 is 2.00 bits per heavy atom. The third-order valence-electron chi connectivity index (χ3n) is 3.17. The van der Waals surface area contributed by atoms with Crippen LogP contribution in [0.2, 0.25) is 0 Å². The van der Waals surface area contributed by atoms with Gasteiger partial charge in [0, 0.05) is 12.0 Å². The number of rotatable bonds is 5. The zero-order valence-corrected chi connectivity index (χ0v) is 13.3. The molecule has 108 valence electrons. The molecule has 1 N–H and O–H groups in total. The quantitative estimate of drug-likeness (QED) is 0.916. The third kappa shape index (κ3) is 3.19. The molecule has 0 saturated carbocycles. The average molecular weight is 291 g/mol. The van der Waals surface area contributed by atoms with Crippen molar-refractivity contribution in [3.05, 3.63) is 45.4 Å². The lowest BCUT2D eigenvalue weighted by molar-refractivity contribution is 0.0814. The Balaban J connectivity index is 2.33. The number of aryl methyl sites for hydroxylation is 1. The Labute approximate surface area is 124 Å². The first-order valence-electron chi connectivity index (χ1n) is 6.79. The summed E-state index contributed by atoms with van der Waals surface area (Å²) in [5.41, 5.74) is 1.28. The number of nitrogens with zero attached hydrogens (tertiary/aromatic N) is 1. The number of thiazole rings is 1. The van der Waals surface area contributed by atoms with E-state index in [1.807, 2.05) is 32.0 Å². The number of methoxy groups -OCH3 is 1. The van der Waals surface area contributed by atoms with Crippen LogP contribution in [0.25, 0.3) is 0 Å². The standard InChI is InChI=1S/C16H21NO2S/c1-5-12-15(16(2,3)18)20-14(17-12)10-11-8-6-7-9-13(11)19-4/h6-9,18H,5,10H2,1-4H3. The monoisotopic (exact) mass is 291 g/mol. The highest BCUT2D eigenvalue weighted by Crippen LogP contribution is 2.32. The number of hydrogen-bond donors (Lipinski definition) is 1. The van der Waals surface area contributed by atoms with Gasteiger partial charge in [-0.3, -0.25) is 0 Å². The topological polar surface area (TPSA) is 42.4 Å². The van der Waals surface area contributed by atoms with E-state index in [2.05, 4.69) is 18.0 Å². The number of benzene rings is 1. The second-order valence-electron chi connectivity index (χ2n) is 5.28. The number of hydrogen-bond acceptors (Lipinski definition) is 4. The summed E-state index contributed by atoms with van der Waals surface area (Å²) in [4.78, 5) is 5.63. The molecule has 1 aromatic carbocycles.